The van der Waals surface area contributed by atoms with Crippen LogP contribution < -0.4 is 5.09 Å². The number of ether oxygens (including phenoxy) is 3. The molecule has 2 unspecified atom stereocenters. The van der Waals surface area contributed by atoms with Gasteiger partial charge in [-0.2, -0.15) is 0 Å². The second kappa shape index (κ2) is 8.31. The van der Waals surface area contributed by atoms with Gasteiger partial charge in [0, 0.05) is 29.2 Å². The fraction of sp³-hybridized carbons (Fsp3) is 0.818. The van der Waals surface area contributed by atoms with Crippen LogP contribution in [0.1, 0.15) is 27.7 Å². The van der Waals surface area contributed by atoms with Crippen LogP contribution >= 0.6 is 27.0 Å². The molecule has 0 radical (unpaired) electrons. The summed E-state index contributed by atoms with van der Waals surface area (Å²) in [6.07, 6.45) is 0.00416. The molecule has 0 heterocycles. The Balaban J connectivity index is 4.16. The number of hydrogen-bond donors (Lipinski definition) is 1. The number of hydrogen-bond acceptors (Lipinski definition) is 6. The molecule has 1 N–H and O–H groups in total. The molecule has 0 amide bonds. The van der Waals surface area contributed by atoms with E-state index in [1.54, 1.807) is 42.8 Å². The molecule has 0 aliphatic rings. The molecule has 0 aromatic rings. The van der Waals surface area contributed by atoms with Gasteiger partial charge in [-0.05, 0) is 27.7 Å². The van der Waals surface area contributed by atoms with E-state index in [1.807, 2.05) is 0 Å². The molecule has 118 valence electrons. The van der Waals surface area contributed by atoms with E-state index >= 15 is 0 Å². The second-order valence-electron chi connectivity index (χ2n) is 5.18. The molecule has 0 aliphatic heterocycles. The Hall–Kier alpha value is -0.180. The number of nitrogens with one attached hydrogen (secondary N) is 1. The summed E-state index contributed by atoms with van der Waals surface area (Å²) in [5.74, 6) is -1.12. The number of esters is 2. The lowest BCUT2D eigenvalue weighted by atomic mass is 9.98. The zero-order valence-electron chi connectivity index (χ0n) is 12.3. The van der Waals surface area contributed by atoms with Crippen molar-refractivity contribution in [2.24, 2.45) is 5.41 Å². The second-order valence-corrected chi connectivity index (χ2v) is 11.7. The maximum atomic E-state index is 11.9. The molecule has 0 spiro atoms. The summed E-state index contributed by atoms with van der Waals surface area (Å²) < 4.78 is 26.3. The van der Waals surface area contributed by atoms with Crippen molar-refractivity contribution in [1.82, 2.24) is 5.09 Å². The zero-order chi connectivity index (χ0) is 16.0. The lowest BCUT2D eigenvalue weighted by Gasteiger charge is -2.19. The summed E-state index contributed by atoms with van der Waals surface area (Å²) in [5.41, 5.74) is -0.660. The van der Waals surface area contributed by atoms with E-state index in [9.17, 15) is 14.2 Å². The summed E-state index contributed by atoms with van der Waals surface area (Å²) in [4.78, 5) is 20.3. The van der Waals surface area contributed by atoms with Crippen molar-refractivity contribution in [1.29, 1.82) is 0 Å². The van der Waals surface area contributed by atoms with E-state index in [0.717, 1.165) is 0 Å². The Morgan fingerprint density at radius 1 is 1.30 bits per heavy atom. The van der Waals surface area contributed by atoms with Gasteiger partial charge in [0.2, 0.25) is 11.7 Å². The molecule has 0 saturated heterocycles. The highest BCUT2D eigenvalue weighted by Crippen LogP contribution is 2.50. The number of methoxy groups -OCH3 is 1. The van der Waals surface area contributed by atoms with E-state index < -0.39 is 35.1 Å². The molecule has 20 heavy (non-hydrogen) atoms. The fourth-order valence-corrected chi connectivity index (χ4v) is 4.21. The van der Waals surface area contributed by atoms with Crippen molar-refractivity contribution in [2.45, 2.75) is 33.7 Å². The van der Waals surface area contributed by atoms with Crippen LogP contribution in [0.2, 0.25) is 0 Å². The summed E-state index contributed by atoms with van der Waals surface area (Å²) >= 11 is 1.71. The van der Waals surface area contributed by atoms with Crippen molar-refractivity contribution < 1.29 is 28.4 Å². The van der Waals surface area contributed by atoms with Crippen molar-refractivity contribution in [3.05, 3.63) is 0 Å². The molecular weight excluding hydrogens is 400 g/mol. The van der Waals surface area contributed by atoms with Gasteiger partial charge in [0.15, 0.2) is 0 Å². The van der Waals surface area contributed by atoms with Crippen LogP contribution in [0.25, 0.3) is 0 Å². The Labute approximate surface area is 132 Å². The number of carbonyl (C=O) groups excluding carboxylic acids is 2. The van der Waals surface area contributed by atoms with E-state index in [0.29, 0.717) is 0 Å². The van der Waals surface area contributed by atoms with Gasteiger partial charge < -0.3 is 14.2 Å². The monoisotopic (exact) mass is 421 g/mol. The van der Waals surface area contributed by atoms with Crippen LogP contribution in [0.15, 0.2) is 0 Å². The zero-order valence-corrected chi connectivity index (χ0v) is 15.3. The van der Waals surface area contributed by atoms with E-state index in [1.165, 1.54) is 14.0 Å². The first-order chi connectivity index (χ1) is 8.99. The predicted molar refractivity (Wildman–Crippen MR) is 82.6 cm³/mol. The lowest BCUT2D eigenvalue weighted by molar-refractivity contribution is -0.173. The SMILES string of the molecule is COCP(=O)(I)NC(C)C(=O)OCOC(=O)C(C)(C)C. The number of carbonyl (C=O) groups is 2. The Morgan fingerprint density at radius 2 is 1.85 bits per heavy atom. The average molecular weight is 421 g/mol. The topological polar surface area (TPSA) is 90.9 Å². The normalized spacial score (nSPS) is 16.1. The number of halogens is 1. The molecule has 0 fully saturated rings. The molecule has 2 atom stereocenters. The van der Waals surface area contributed by atoms with Crippen LogP contribution in [0, 0.1) is 5.41 Å². The summed E-state index contributed by atoms with van der Waals surface area (Å²) in [5, 5.41) is 2.63. The first-order valence-electron chi connectivity index (χ1n) is 5.89. The molecular formula is C11H21INO6P. The van der Waals surface area contributed by atoms with Gasteiger partial charge in [-0.1, -0.05) is 0 Å². The molecule has 9 heteroatoms. The van der Waals surface area contributed by atoms with Gasteiger partial charge in [-0.25, -0.2) is 5.09 Å². The summed E-state index contributed by atoms with van der Waals surface area (Å²) in [6, 6.07) is -0.791. The van der Waals surface area contributed by atoms with E-state index in [2.05, 4.69) is 5.09 Å². The van der Waals surface area contributed by atoms with Gasteiger partial charge in [0.25, 0.3) is 0 Å². The predicted octanol–water partition coefficient (Wildman–Crippen LogP) is 2.29. The summed E-state index contributed by atoms with van der Waals surface area (Å²) in [7, 11) is 1.42. The molecule has 0 aromatic heterocycles. The van der Waals surface area contributed by atoms with Crippen LogP contribution in [0.3, 0.4) is 0 Å². The quantitative estimate of drug-likeness (QED) is 0.292. The van der Waals surface area contributed by atoms with Gasteiger partial charge in [0.1, 0.15) is 12.4 Å². The van der Waals surface area contributed by atoms with Crippen LogP contribution in [0.4, 0.5) is 0 Å². The van der Waals surface area contributed by atoms with Crippen LogP contribution in [-0.2, 0) is 28.4 Å². The Bertz CT molecular complexity index is 395. The molecule has 7 nitrogen and oxygen atoms in total. The van der Waals surface area contributed by atoms with Crippen molar-refractivity contribution in [2.75, 3.05) is 20.3 Å². The maximum Gasteiger partial charge on any atom is 0.326 e. The van der Waals surface area contributed by atoms with E-state index in [-0.39, 0.29) is 6.35 Å². The largest absolute Gasteiger partial charge is 0.427 e. The fourth-order valence-electron chi connectivity index (χ4n) is 1.03. The van der Waals surface area contributed by atoms with Gasteiger partial charge >= 0.3 is 11.9 Å². The standard InChI is InChI=1S/C11H21INO6P/c1-8(13-20(12,16)7-17-5)9(14)18-6-19-10(15)11(2,3)4/h8H,6-7H2,1-5H3,(H,13,16). The average Bonchev–Trinajstić information content (AvgIpc) is 2.26. The third-order valence-electron chi connectivity index (χ3n) is 2.04. The van der Waals surface area contributed by atoms with Gasteiger partial charge in [0.05, 0.1) is 5.41 Å². The minimum absolute atomic E-state index is 0.00416. The Morgan fingerprint density at radius 3 is 2.30 bits per heavy atom. The van der Waals surface area contributed by atoms with Gasteiger partial charge in [-0.3, -0.25) is 14.2 Å². The molecule has 0 rings (SSSR count). The highest BCUT2D eigenvalue weighted by atomic mass is 127. The maximum absolute atomic E-state index is 11.9. The lowest BCUT2D eigenvalue weighted by Crippen LogP contribution is -2.34. The third-order valence-corrected chi connectivity index (χ3v) is 5.07. The first-order valence-corrected chi connectivity index (χ1v) is 10.6. The van der Waals surface area contributed by atoms with Crippen LogP contribution in [-0.4, -0.2) is 38.2 Å². The smallest absolute Gasteiger partial charge is 0.326 e. The number of rotatable bonds is 7. The minimum atomic E-state index is -2.79. The van der Waals surface area contributed by atoms with Crippen LogP contribution in [0.5, 0.6) is 0 Å². The summed E-state index contributed by atoms with van der Waals surface area (Å²) in [6.45, 7) is 6.13. The van der Waals surface area contributed by atoms with Gasteiger partial charge in [-0.15, -0.1) is 0 Å². The molecule has 0 bridgehead atoms. The third kappa shape index (κ3) is 8.18. The van der Waals surface area contributed by atoms with Crippen molar-refractivity contribution >= 4 is 38.9 Å². The highest BCUT2D eigenvalue weighted by Gasteiger charge is 2.26. The van der Waals surface area contributed by atoms with E-state index in [4.69, 9.17) is 14.2 Å². The minimum Gasteiger partial charge on any atom is -0.427 e. The molecule has 0 saturated carbocycles. The van der Waals surface area contributed by atoms with Crippen molar-refractivity contribution in [3.8, 4) is 0 Å². The molecule has 0 aromatic carbocycles. The first kappa shape index (κ1) is 19.8. The Kier molecular flexibility index (Phi) is 8.23. The molecule has 0 aliphatic carbocycles. The van der Waals surface area contributed by atoms with Crippen molar-refractivity contribution in [3.63, 3.8) is 0 Å². The highest BCUT2D eigenvalue weighted by molar-refractivity contribution is 14.2.